The Morgan fingerprint density at radius 1 is 1.14 bits per heavy atom. The fourth-order valence-corrected chi connectivity index (χ4v) is 1.96. The summed E-state index contributed by atoms with van der Waals surface area (Å²) in [6.45, 7) is 0. The van der Waals surface area contributed by atoms with E-state index in [9.17, 15) is 9.59 Å². The average Bonchev–Trinajstić information content (AvgIpc) is 2.54. The molecule has 0 saturated heterocycles. The minimum absolute atomic E-state index is 0.165. The summed E-state index contributed by atoms with van der Waals surface area (Å²) in [5, 5.41) is 2.62. The van der Waals surface area contributed by atoms with Gasteiger partial charge in [0.05, 0.1) is 12.8 Å². The molecular weight excluding hydrogens is 290 g/mol. The molecule has 0 unspecified atom stereocenters. The van der Waals surface area contributed by atoms with E-state index in [1.54, 1.807) is 48.5 Å². The maximum absolute atomic E-state index is 12.6. The second-order valence-electron chi connectivity index (χ2n) is 4.29. The molecule has 0 atom stereocenters. The Bertz CT molecular complexity index is 670. The maximum atomic E-state index is 12.6. The number of rotatable bonds is 5. The van der Waals surface area contributed by atoms with E-state index in [0.29, 0.717) is 22.6 Å². The first kappa shape index (κ1) is 15.1. The lowest BCUT2D eigenvalue weighted by Crippen LogP contribution is -2.15. The molecule has 4 nitrogen and oxygen atoms in total. The number of nitrogens with one attached hydrogen (secondary N) is 1. The Labute approximate surface area is 127 Å². The van der Waals surface area contributed by atoms with Crippen LogP contribution in [-0.2, 0) is 4.79 Å². The largest absolute Gasteiger partial charge is 0.497 e. The monoisotopic (exact) mass is 303 g/mol. The Morgan fingerprint density at radius 2 is 1.90 bits per heavy atom. The van der Waals surface area contributed by atoms with Gasteiger partial charge in [-0.2, -0.15) is 0 Å². The lowest BCUT2D eigenvalue weighted by molar-refractivity contribution is -0.113. The van der Waals surface area contributed by atoms with Crippen LogP contribution in [0.3, 0.4) is 0 Å². The standard InChI is InChI=1S/C16H14ClNO3/c1-21-12-6-4-5-11(9-12)16(20)13-7-2-3-8-14(13)18-15(19)10-17/h2-9H,10H2,1H3,(H,18,19). The third kappa shape index (κ3) is 3.61. The average molecular weight is 304 g/mol. The van der Waals surface area contributed by atoms with E-state index >= 15 is 0 Å². The van der Waals surface area contributed by atoms with Gasteiger partial charge in [-0.15, -0.1) is 11.6 Å². The molecule has 0 spiro atoms. The molecule has 1 amide bonds. The van der Waals surface area contributed by atoms with Gasteiger partial charge in [0.2, 0.25) is 5.91 Å². The number of ether oxygens (including phenoxy) is 1. The molecule has 2 aromatic rings. The van der Waals surface area contributed by atoms with Crippen molar-refractivity contribution in [1.82, 2.24) is 0 Å². The highest BCUT2D eigenvalue weighted by atomic mass is 35.5. The number of hydrogen-bond acceptors (Lipinski definition) is 3. The molecule has 0 saturated carbocycles. The molecule has 0 heterocycles. The van der Waals surface area contributed by atoms with Crippen molar-refractivity contribution in [3.8, 4) is 5.75 Å². The predicted octanol–water partition coefficient (Wildman–Crippen LogP) is 3.10. The molecule has 0 aliphatic rings. The molecule has 2 aromatic carbocycles. The van der Waals surface area contributed by atoms with Crippen molar-refractivity contribution in [2.75, 3.05) is 18.3 Å². The van der Waals surface area contributed by atoms with Crippen molar-refractivity contribution in [1.29, 1.82) is 0 Å². The normalized spacial score (nSPS) is 10.0. The summed E-state index contributed by atoms with van der Waals surface area (Å²) in [5.41, 5.74) is 1.34. The first-order valence-electron chi connectivity index (χ1n) is 6.29. The number of carbonyl (C=O) groups excluding carboxylic acids is 2. The van der Waals surface area contributed by atoms with Crippen LogP contribution in [0.1, 0.15) is 15.9 Å². The van der Waals surface area contributed by atoms with Crippen molar-refractivity contribution in [2.24, 2.45) is 0 Å². The van der Waals surface area contributed by atoms with Crippen LogP contribution in [0.5, 0.6) is 5.75 Å². The summed E-state index contributed by atoms with van der Waals surface area (Å²) >= 11 is 5.48. The van der Waals surface area contributed by atoms with Gasteiger partial charge in [-0.3, -0.25) is 9.59 Å². The van der Waals surface area contributed by atoms with Gasteiger partial charge in [-0.1, -0.05) is 24.3 Å². The summed E-state index contributed by atoms with van der Waals surface area (Å²) in [6, 6.07) is 13.7. The zero-order valence-corrected chi connectivity index (χ0v) is 12.2. The number of hydrogen-bond donors (Lipinski definition) is 1. The van der Waals surface area contributed by atoms with Crippen molar-refractivity contribution < 1.29 is 14.3 Å². The molecule has 0 aliphatic carbocycles. The SMILES string of the molecule is COc1cccc(C(=O)c2ccccc2NC(=O)CCl)c1. The second kappa shape index (κ2) is 6.90. The first-order valence-corrected chi connectivity index (χ1v) is 6.82. The van der Waals surface area contributed by atoms with E-state index in [4.69, 9.17) is 16.3 Å². The summed E-state index contributed by atoms with van der Waals surface area (Å²) in [5.74, 6) is -0.119. The topological polar surface area (TPSA) is 55.4 Å². The van der Waals surface area contributed by atoms with Gasteiger partial charge in [0, 0.05) is 11.1 Å². The van der Waals surface area contributed by atoms with Crippen LogP contribution in [0.2, 0.25) is 0 Å². The Balaban J connectivity index is 2.36. The van der Waals surface area contributed by atoms with E-state index in [1.807, 2.05) is 0 Å². The van der Waals surface area contributed by atoms with Gasteiger partial charge in [-0.25, -0.2) is 0 Å². The number of carbonyl (C=O) groups is 2. The van der Waals surface area contributed by atoms with Crippen LogP contribution >= 0.6 is 11.6 Å². The fourth-order valence-electron chi connectivity index (χ4n) is 1.89. The van der Waals surface area contributed by atoms with Crippen LogP contribution in [0.25, 0.3) is 0 Å². The van der Waals surface area contributed by atoms with Crippen molar-refractivity contribution in [3.63, 3.8) is 0 Å². The molecule has 2 rings (SSSR count). The van der Waals surface area contributed by atoms with Gasteiger partial charge in [0.25, 0.3) is 0 Å². The van der Waals surface area contributed by atoms with E-state index in [0.717, 1.165) is 0 Å². The zero-order valence-electron chi connectivity index (χ0n) is 11.4. The van der Waals surface area contributed by atoms with Crippen LogP contribution in [0.4, 0.5) is 5.69 Å². The minimum Gasteiger partial charge on any atom is -0.497 e. The first-order chi connectivity index (χ1) is 10.2. The number of amides is 1. The highest BCUT2D eigenvalue weighted by Crippen LogP contribution is 2.21. The van der Waals surface area contributed by atoms with Crippen molar-refractivity contribution in [3.05, 3.63) is 59.7 Å². The Kier molecular flexibility index (Phi) is 4.95. The third-order valence-corrected chi connectivity index (χ3v) is 3.14. The number of halogens is 1. The smallest absolute Gasteiger partial charge is 0.239 e. The highest BCUT2D eigenvalue weighted by Gasteiger charge is 2.15. The second-order valence-corrected chi connectivity index (χ2v) is 4.56. The van der Waals surface area contributed by atoms with E-state index in [1.165, 1.54) is 7.11 Å². The molecule has 0 aliphatic heterocycles. The molecule has 0 aromatic heterocycles. The molecule has 0 fully saturated rings. The van der Waals surface area contributed by atoms with Crippen LogP contribution in [0, 0.1) is 0 Å². The number of alkyl halides is 1. The molecule has 0 bridgehead atoms. The molecule has 108 valence electrons. The zero-order chi connectivity index (χ0) is 15.2. The minimum atomic E-state index is -0.359. The summed E-state index contributed by atoms with van der Waals surface area (Å²) < 4.78 is 5.11. The van der Waals surface area contributed by atoms with E-state index in [2.05, 4.69) is 5.32 Å². The predicted molar refractivity (Wildman–Crippen MR) is 82.2 cm³/mol. The lowest BCUT2D eigenvalue weighted by atomic mass is 10.0. The Morgan fingerprint density at radius 3 is 2.62 bits per heavy atom. The Hall–Kier alpha value is -2.33. The quantitative estimate of drug-likeness (QED) is 0.682. The van der Waals surface area contributed by atoms with Crippen molar-refractivity contribution >= 4 is 29.0 Å². The van der Waals surface area contributed by atoms with Gasteiger partial charge >= 0.3 is 0 Å². The third-order valence-electron chi connectivity index (χ3n) is 2.90. The van der Waals surface area contributed by atoms with Crippen LogP contribution in [-0.4, -0.2) is 24.7 Å². The van der Waals surface area contributed by atoms with Gasteiger partial charge in [0.1, 0.15) is 11.6 Å². The maximum Gasteiger partial charge on any atom is 0.239 e. The highest BCUT2D eigenvalue weighted by molar-refractivity contribution is 6.29. The summed E-state index contributed by atoms with van der Waals surface area (Å²) in [6.07, 6.45) is 0. The van der Waals surface area contributed by atoms with Gasteiger partial charge in [-0.05, 0) is 24.3 Å². The van der Waals surface area contributed by atoms with Crippen molar-refractivity contribution in [2.45, 2.75) is 0 Å². The summed E-state index contributed by atoms with van der Waals surface area (Å²) in [4.78, 5) is 24.0. The molecule has 1 N–H and O–H groups in total. The van der Waals surface area contributed by atoms with Crippen LogP contribution in [0.15, 0.2) is 48.5 Å². The number of anilines is 1. The van der Waals surface area contributed by atoms with E-state index in [-0.39, 0.29) is 17.6 Å². The summed E-state index contributed by atoms with van der Waals surface area (Å²) in [7, 11) is 1.54. The van der Waals surface area contributed by atoms with Gasteiger partial charge < -0.3 is 10.1 Å². The lowest BCUT2D eigenvalue weighted by Gasteiger charge is -2.10. The number of benzene rings is 2. The fraction of sp³-hybridized carbons (Fsp3) is 0.125. The molecule has 21 heavy (non-hydrogen) atoms. The molecular formula is C16H14ClNO3. The number of ketones is 1. The molecule has 0 radical (unpaired) electrons. The van der Waals surface area contributed by atoms with Crippen LogP contribution < -0.4 is 10.1 Å². The van der Waals surface area contributed by atoms with Gasteiger partial charge in [0.15, 0.2) is 5.78 Å². The van der Waals surface area contributed by atoms with E-state index < -0.39 is 0 Å². The molecule has 5 heteroatoms. The number of para-hydroxylation sites is 1. The number of methoxy groups -OCH3 is 1.